The minimum absolute atomic E-state index is 0.0147. The first-order chi connectivity index (χ1) is 10.5. The highest BCUT2D eigenvalue weighted by Gasteiger charge is 2.07. The fourth-order valence-electron chi connectivity index (χ4n) is 1.80. The van der Waals surface area contributed by atoms with E-state index in [1.165, 1.54) is 20.4 Å². The van der Waals surface area contributed by atoms with Gasteiger partial charge in [0, 0.05) is 23.9 Å². The van der Waals surface area contributed by atoms with Crippen LogP contribution in [0.2, 0.25) is 0 Å². The van der Waals surface area contributed by atoms with Crippen LogP contribution in [0.5, 0.6) is 17.2 Å². The molecule has 2 aromatic carbocycles. The van der Waals surface area contributed by atoms with Crippen molar-refractivity contribution >= 4 is 17.6 Å². The highest BCUT2D eigenvalue weighted by molar-refractivity contribution is 5.86. The number of ether oxygens (including phenoxy) is 2. The molecule has 7 heteroatoms. The third-order valence-corrected chi connectivity index (χ3v) is 2.93. The molecular formula is C15H13N2O5-. The normalized spacial score (nSPS) is 10.6. The number of aliphatic imine (C=N–C) groups is 1. The van der Waals surface area contributed by atoms with Gasteiger partial charge in [-0.05, 0) is 18.2 Å². The summed E-state index contributed by atoms with van der Waals surface area (Å²) >= 11 is 0. The van der Waals surface area contributed by atoms with E-state index in [4.69, 9.17) is 9.47 Å². The summed E-state index contributed by atoms with van der Waals surface area (Å²) in [5, 5.41) is 22.4. The number of rotatable bonds is 5. The summed E-state index contributed by atoms with van der Waals surface area (Å²) in [6, 6.07) is 8.50. The molecule has 0 unspecified atom stereocenters. The van der Waals surface area contributed by atoms with Gasteiger partial charge in [-0.15, -0.1) is 0 Å². The fourth-order valence-corrected chi connectivity index (χ4v) is 1.80. The second kappa shape index (κ2) is 6.57. The predicted molar refractivity (Wildman–Crippen MR) is 79.3 cm³/mol. The van der Waals surface area contributed by atoms with Crippen LogP contribution in [-0.2, 0) is 0 Å². The number of benzene rings is 2. The Bertz CT molecular complexity index is 728. The van der Waals surface area contributed by atoms with Crippen LogP contribution in [-0.4, -0.2) is 25.4 Å². The zero-order chi connectivity index (χ0) is 16.1. The van der Waals surface area contributed by atoms with Gasteiger partial charge in [0.15, 0.2) is 0 Å². The van der Waals surface area contributed by atoms with Gasteiger partial charge in [-0.2, -0.15) is 0 Å². The molecular weight excluding hydrogens is 288 g/mol. The first-order valence-electron chi connectivity index (χ1n) is 6.26. The van der Waals surface area contributed by atoms with E-state index in [2.05, 4.69) is 4.99 Å². The average molecular weight is 301 g/mol. The number of methoxy groups -OCH3 is 2. The predicted octanol–water partition coefficient (Wildman–Crippen LogP) is 2.44. The molecule has 0 spiro atoms. The van der Waals surface area contributed by atoms with Crippen molar-refractivity contribution in [2.24, 2.45) is 4.99 Å². The first-order valence-corrected chi connectivity index (χ1v) is 6.26. The van der Waals surface area contributed by atoms with Crippen LogP contribution >= 0.6 is 0 Å². The largest absolute Gasteiger partial charge is 0.871 e. The SMILES string of the molecule is COc1ccc(OC)c(C=Nc2cc([N+](=O)[O-])ccc2[O-])c1. The van der Waals surface area contributed by atoms with Crippen molar-refractivity contribution in [3.05, 3.63) is 52.1 Å². The molecule has 0 N–H and O–H groups in total. The van der Waals surface area contributed by atoms with Gasteiger partial charge >= 0.3 is 0 Å². The summed E-state index contributed by atoms with van der Waals surface area (Å²) in [5.74, 6) is 0.745. The molecule has 0 radical (unpaired) electrons. The molecule has 0 atom stereocenters. The van der Waals surface area contributed by atoms with Gasteiger partial charge in [-0.3, -0.25) is 15.1 Å². The quantitative estimate of drug-likeness (QED) is 0.480. The van der Waals surface area contributed by atoms with E-state index in [0.717, 1.165) is 18.2 Å². The lowest BCUT2D eigenvalue weighted by molar-refractivity contribution is -0.385. The maximum Gasteiger partial charge on any atom is 0.271 e. The Balaban J connectivity index is 2.40. The highest BCUT2D eigenvalue weighted by Crippen LogP contribution is 2.29. The third kappa shape index (κ3) is 3.32. The monoisotopic (exact) mass is 301 g/mol. The van der Waals surface area contributed by atoms with Crippen LogP contribution in [0.25, 0.3) is 0 Å². The Morgan fingerprint density at radius 3 is 2.55 bits per heavy atom. The van der Waals surface area contributed by atoms with Crippen molar-refractivity contribution in [1.29, 1.82) is 0 Å². The summed E-state index contributed by atoms with van der Waals surface area (Å²) < 4.78 is 10.3. The van der Waals surface area contributed by atoms with E-state index < -0.39 is 10.7 Å². The molecule has 7 nitrogen and oxygen atoms in total. The van der Waals surface area contributed by atoms with E-state index in [1.807, 2.05) is 0 Å². The van der Waals surface area contributed by atoms with Gasteiger partial charge in [0.25, 0.3) is 5.69 Å². The number of hydrogen-bond acceptors (Lipinski definition) is 6. The second-order valence-electron chi connectivity index (χ2n) is 4.28. The van der Waals surface area contributed by atoms with E-state index in [-0.39, 0.29) is 11.4 Å². The lowest BCUT2D eigenvalue weighted by atomic mass is 10.2. The van der Waals surface area contributed by atoms with Crippen LogP contribution in [0.3, 0.4) is 0 Å². The van der Waals surface area contributed by atoms with Crippen LogP contribution < -0.4 is 14.6 Å². The minimum atomic E-state index is -0.579. The lowest BCUT2D eigenvalue weighted by Crippen LogP contribution is -1.94. The molecule has 2 aromatic rings. The summed E-state index contributed by atoms with van der Waals surface area (Å²) in [6.07, 6.45) is 1.40. The van der Waals surface area contributed by atoms with E-state index in [1.54, 1.807) is 18.2 Å². The Hall–Kier alpha value is -3.09. The van der Waals surface area contributed by atoms with Crippen molar-refractivity contribution in [3.8, 4) is 17.2 Å². The van der Waals surface area contributed by atoms with Crippen molar-refractivity contribution in [2.45, 2.75) is 0 Å². The highest BCUT2D eigenvalue weighted by atomic mass is 16.6. The third-order valence-electron chi connectivity index (χ3n) is 2.93. The average Bonchev–Trinajstić information content (AvgIpc) is 2.53. The number of nitrogens with zero attached hydrogens (tertiary/aromatic N) is 2. The molecule has 2 rings (SSSR count). The van der Waals surface area contributed by atoms with Crippen LogP contribution in [0.4, 0.5) is 11.4 Å². The Morgan fingerprint density at radius 1 is 1.14 bits per heavy atom. The fraction of sp³-hybridized carbons (Fsp3) is 0.133. The van der Waals surface area contributed by atoms with E-state index in [9.17, 15) is 15.2 Å². The molecule has 0 heterocycles. The van der Waals surface area contributed by atoms with Crippen molar-refractivity contribution < 1.29 is 19.5 Å². The molecule has 0 aliphatic heterocycles. The minimum Gasteiger partial charge on any atom is -0.871 e. The van der Waals surface area contributed by atoms with Crippen molar-refractivity contribution in [2.75, 3.05) is 14.2 Å². The van der Waals surface area contributed by atoms with Gasteiger partial charge in [0.1, 0.15) is 11.5 Å². The summed E-state index contributed by atoms with van der Waals surface area (Å²) in [5.41, 5.74) is 0.385. The van der Waals surface area contributed by atoms with Crippen molar-refractivity contribution in [1.82, 2.24) is 0 Å². The smallest absolute Gasteiger partial charge is 0.271 e. The topological polar surface area (TPSA) is 97.0 Å². The van der Waals surface area contributed by atoms with Gasteiger partial charge < -0.3 is 14.6 Å². The van der Waals surface area contributed by atoms with Gasteiger partial charge in [-0.1, -0.05) is 11.8 Å². The van der Waals surface area contributed by atoms with Crippen LogP contribution in [0.15, 0.2) is 41.4 Å². The van der Waals surface area contributed by atoms with E-state index >= 15 is 0 Å². The van der Waals surface area contributed by atoms with Gasteiger partial charge in [-0.25, -0.2) is 0 Å². The van der Waals surface area contributed by atoms with Gasteiger partial charge in [0.2, 0.25) is 0 Å². The molecule has 22 heavy (non-hydrogen) atoms. The molecule has 0 aliphatic rings. The molecule has 0 amide bonds. The maximum atomic E-state index is 11.7. The molecule has 0 saturated heterocycles. The van der Waals surface area contributed by atoms with Crippen molar-refractivity contribution in [3.63, 3.8) is 0 Å². The second-order valence-corrected chi connectivity index (χ2v) is 4.28. The first kappa shape index (κ1) is 15.3. The summed E-state index contributed by atoms with van der Waals surface area (Å²) in [6.45, 7) is 0. The van der Waals surface area contributed by atoms with E-state index in [0.29, 0.717) is 17.1 Å². The maximum absolute atomic E-state index is 11.7. The van der Waals surface area contributed by atoms with Gasteiger partial charge in [0.05, 0.1) is 24.8 Å². The Morgan fingerprint density at radius 2 is 1.91 bits per heavy atom. The molecule has 0 fully saturated rings. The molecule has 0 aromatic heterocycles. The zero-order valence-electron chi connectivity index (χ0n) is 12.0. The molecule has 0 saturated carbocycles. The Labute approximate surface area is 126 Å². The summed E-state index contributed by atoms with van der Waals surface area (Å²) in [7, 11) is 3.03. The van der Waals surface area contributed by atoms with Crippen LogP contribution in [0, 0.1) is 10.1 Å². The number of nitro benzene ring substituents is 1. The molecule has 0 aliphatic carbocycles. The molecule has 0 bridgehead atoms. The van der Waals surface area contributed by atoms with Crippen LogP contribution in [0.1, 0.15) is 5.56 Å². The molecule has 114 valence electrons. The summed E-state index contributed by atoms with van der Waals surface area (Å²) in [4.78, 5) is 14.2. The standard InChI is InChI=1S/C15H14N2O5/c1-21-12-4-6-15(22-2)10(7-12)9-16-13-8-11(17(19)20)3-5-14(13)18/h3-9,18H,1-2H3/p-1. The zero-order valence-corrected chi connectivity index (χ0v) is 12.0. The Kier molecular flexibility index (Phi) is 4.57. The number of hydrogen-bond donors (Lipinski definition) is 0. The number of non-ortho nitro benzene ring substituents is 1. The lowest BCUT2D eigenvalue weighted by Gasteiger charge is -2.09. The number of nitro groups is 1.